The van der Waals surface area contributed by atoms with Crippen LogP contribution in [-0.2, 0) is 4.79 Å². The van der Waals surface area contributed by atoms with E-state index in [0.717, 1.165) is 12.8 Å². The molecule has 1 aliphatic heterocycles. The molecule has 1 aliphatic rings. The van der Waals surface area contributed by atoms with Gasteiger partial charge < -0.3 is 15.7 Å². The van der Waals surface area contributed by atoms with E-state index in [9.17, 15) is 14.7 Å². The molecule has 1 aromatic rings. The third-order valence-corrected chi connectivity index (χ3v) is 4.60. The zero-order valence-corrected chi connectivity index (χ0v) is 13.7. The number of rotatable bonds is 5. The van der Waals surface area contributed by atoms with Gasteiger partial charge in [0.15, 0.2) is 5.78 Å². The number of pyridine rings is 1. The number of nitrogens with two attached hydrogens (primary N) is 1. The highest BCUT2D eigenvalue weighted by atomic mass is 16.3. The summed E-state index contributed by atoms with van der Waals surface area (Å²) in [6, 6.07) is 2.61. The number of amides is 1. The molecule has 0 radical (unpaired) electrons. The normalized spacial score (nSPS) is 18.5. The Bertz CT molecular complexity index is 566. The summed E-state index contributed by atoms with van der Waals surface area (Å²) in [5.41, 5.74) is 5.78. The van der Waals surface area contributed by atoms with Gasteiger partial charge in [0.2, 0.25) is 5.91 Å². The van der Waals surface area contributed by atoms with Crippen molar-refractivity contribution in [3.63, 3.8) is 0 Å². The van der Waals surface area contributed by atoms with Crippen LogP contribution in [0.25, 0.3) is 0 Å². The summed E-state index contributed by atoms with van der Waals surface area (Å²) in [5, 5.41) is 9.71. The Morgan fingerprint density at radius 3 is 2.61 bits per heavy atom. The van der Waals surface area contributed by atoms with Crippen LogP contribution in [0.4, 0.5) is 0 Å². The van der Waals surface area contributed by atoms with E-state index in [2.05, 4.69) is 4.98 Å². The second-order valence-corrected chi connectivity index (χ2v) is 6.43. The van der Waals surface area contributed by atoms with Crippen molar-refractivity contribution in [1.82, 2.24) is 9.88 Å². The Hall–Kier alpha value is -1.95. The number of Topliss-reactive ketones (excluding diaryl/α,β-unsaturated/α-hetero) is 1. The number of aromatic nitrogens is 1. The fourth-order valence-electron chi connectivity index (χ4n) is 3.14. The number of likely N-dealkylation sites (tertiary alicyclic amines) is 1. The topological polar surface area (TPSA) is 96.5 Å². The minimum atomic E-state index is -0.460. The van der Waals surface area contributed by atoms with Gasteiger partial charge in [0, 0.05) is 25.7 Å². The first-order valence-electron chi connectivity index (χ1n) is 8.11. The Balaban J connectivity index is 1.88. The van der Waals surface area contributed by atoms with Gasteiger partial charge >= 0.3 is 0 Å². The fraction of sp³-hybridized carbons (Fsp3) is 0.588. The lowest BCUT2D eigenvalue weighted by molar-refractivity contribution is -0.133. The second-order valence-electron chi connectivity index (χ2n) is 6.43. The van der Waals surface area contributed by atoms with Crippen molar-refractivity contribution in [3.8, 4) is 5.75 Å². The molecule has 0 aliphatic carbocycles. The van der Waals surface area contributed by atoms with Crippen LogP contribution in [0.5, 0.6) is 5.75 Å². The highest BCUT2D eigenvalue weighted by molar-refractivity contribution is 5.96. The largest absolute Gasteiger partial charge is 0.506 e. The number of hydrogen-bond donors (Lipinski definition) is 2. The van der Waals surface area contributed by atoms with E-state index in [1.54, 1.807) is 17.9 Å². The lowest BCUT2D eigenvalue weighted by Gasteiger charge is -2.35. The van der Waals surface area contributed by atoms with Crippen LogP contribution in [0.15, 0.2) is 18.3 Å². The van der Waals surface area contributed by atoms with E-state index in [4.69, 9.17) is 5.73 Å². The lowest BCUT2D eigenvalue weighted by atomic mass is 9.82. The van der Waals surface area contributed by atoms with Crippen LogP contribution >= 0.6 is 0 Å². The van der Waals surface area contributed by atoms with Gasteiger partial charge in [-0.3, -0.25) is 9.59 Å². The maximum Gasteiger partial charge on any atom is 0.239 e. The zero-order valence-electron chi connectivity index (χ0n) is 13.7. The number of carbonyl (C=O) groups is 2. The van der Waals surface area contributed by atoms with Gasteiger partial charge in [-0.05, 0) is 43.7 Å². The lowest BCUT2D eigenvalue weighted by Crippen LogP contribution is -2.46. The number of carbonyl (C=O) groups excluding carboxylic acids is 2. The highest BCUT2D eigenvalue weighted by Crippen LogP contribution is 2.29. The van der Waals surface area contributed by atoms with Crippen LogP contribution in [0, 0.1) is 11.8 Å². The van der Waals surface area contributed by atoms with Crippen molar-refractivity contribution in [2.24, 2.45) is 17.6 Å². The summed E-state index contributed by atoms with van der Waals surface area (Å²) in [6.45, 7) is 5.14. The van der Waals surface area contributed by atoms with Crippen molar-refractivity contribution in [2.45, 2.75) is 39.2 Å². The van der Waals surface area contributed by atoms with Gasteiger partial charge in [0.25, 0.3) is 0 Å². The number of nitrogens with zero attached hydrogens (tertiary/aromatic N) is 2. The molecule has 2 heterocycles. The first-order chi connectivity index (χ1) is 10.9. The molecular weight excluding hydrogens is 294 g/mol. The summed E-state index contributed by atoms with van der Waals surface area (Å²) in [5.74, 6) is 0.371. The average molecular weight is 319 g/mol. The van der Waals surface area contributed by atoms with Crippen molar-refractivity contribution in [1.29, 1.82) is 0 Å². The molecule has 126 valence electrons. The monoisotopic (exact) mass is 319 g/mol. The Kier molecular flexibility index (Phi) is 5.71. The molecule has 6 nitrogen and oxygen atoms in total. The molecule has 6 heteroatoms. The molecule has 1 fully saturated rings. The van der Waals surface area contributed by atoms with Gasteiger partial charge in [-0.2, -0.15) is 0 Å². The molecule has 0 spiro atoms. The van der Waals surface area contributed by atoms with E-state index in [-0.39, 0.29) is 29.1 Å². The van der Waals surface area contributed by atoms with Gasteiger partial charge in [-0.15, -0.1) is 0 Å². The van der Waals surface area contributed by atoms with Crippen molar-refractivity contribution in [2.75, 3.05) is 13.1 Å². The Labute approximate surface area is 136 Å². The van der Waals surface area contributed by atoms with E-state index >= 15 is 0 Å². The summed E-state index contributed by atoms with van der Waals surface area (Å²) < 4.78 is 0. The number of hydrogen-bond acceptors (Lipinski definition) is 5. The number of aromatic hydroxyl groups is 1. The van der Waals surface area contributed by atoms with Crippen molar-refractivity contribution >= 4 is 11.7 Å². The maximum absolute atomic E-state index is 12.3. The quantitative estimate of drug-likeness (QED) is 0.803. The molecule has 1 aromatic heterocycles. The molecule has 2 rings (SSSR count). The Morgan fingerprint density at radius 1 is 1.39 bits per heavy atom. The standard InChI is InChI=1S/C17H25N3O3/c1-11(10-15(22)16-14(21)4-3-7-19-16)13-5-8-20(9-6-13)17(23)12(2)18/h3-4,7,11-13,21H,5-6,8-10,18H2,1-2H3/t11?,12-/m0/s1. The summed E-state index contributed by atoms with van der Waals surface area (Å²) >= 11 is 0. The van der Waals surface area contributed by atoms with Gasteiger partial charge in [-0.1, -0.05) is 6.92 Å². The van der Waals surface area contributed by atoms with Crippen molar-refractivity contribution < 1.29 is 14.7 Å². The van der Waals surface area contributed by atoms with E-state index in [0.29, 0.717) is 25.4 Å². The van der Waals surface area contributed by atoms with Crippen LogP contribution in [0.1, 0.15) is 43.6 Å². The molecule has 3 N–H and O–H groups in total. The van der Waals surface area contributed by atoms with E-state index in [1.165, 1.54) is 12.3 Å². The fourth-order valence-corrected chi connectivity index (χ4v) is 3.14. The smallest absolute Gasteiger partial charge is 0.239 e. The Morgan fingerprint density at radius 2 is 2.04 bits per heavy atom. The summed E-state index contributed by atoms with van der Waals surface area (Å²) in [6.07, 6.45) is 3.62. The van der Waals surface area contributed by atoms with Gasteiger partial charge in [-0.25, -0.2) is 4.98 Å². The molecule has 1 saturated heterocycles. The number of ketones is 1. The molecule has 1 amide bonds. The minimum absolute atomic E-state index is 0.00872. The maximum atomic E-state index is 12.3. The molecule has 23 heavy (non-hydrogen) atoms. The third kappa shape index (κ3) is 4.28. The second kappa shape index (κ2) is 7.55. The predicted molar refractivity (Wildman–Crippen MR) is 87.0 cm³/mol. The predicted octanol–water partition coefficient (Wildman–Crippen LogP) is 1.58. The van der Waals surface area contributed by atoms with Crippen LogP contribution < -0.4 is 5.73 Å². The van der Waals surface area contributed by atoms with Crippen LogP contribution in [0.2, 0.25) is 0 Å². The van der Waals surface area contributed by atoms with Crippen LogP contribution in [0.3, 0.4) is 0 Å². The van der Waals surface area contributed by atoms with Crippen molar-refractivity contribution in [3.05, 3.63) is 24.0 Å². The summed E-state index contributed by atoms with van der Waals surface area (Å²) in [7, 11) is 0. The third-order valence-electron chi connectivity index (χ3n) is 4.60. The molecular formula is C17H25N3O3. The molecule has 0 bridgehead atoms. The number of piperidine rings is 1. The van der Waals surface area contributed by atoms with Gasteiger partial charge in [0.05, 0.1) is 6.04 Å². The molecule has 1 unspecified atom stereocenters. The SMILES string of the molecule is CC(CC(=O)c1ncccc1O)C1CCN(C(=O)[C@H](C)N)CC1. The zero-order chi connectivity index (χ0) is 17.0. The average Bonchev–Trinajstić information content (AvgIpc) is 2.54. The molecule has 2 atom stereocenters. The van der Waals surface area contributed by atoms with Crippen LogP contribution in [-0.4, -0.2) is 45.8 Å². The molecule has 0 aromatic carbocycles. The van der Waals surface area contributed by atoms with E-state index in [1.807, 2.05) is 6.92 Å². The van der Waals surface area contributed by atoms with E-state index < -0.39 is 6.04 Å². The highest BCUT2D eigenvalue weighted by Gasteiger charge is 2.29. The first-order valence-corrected chi connectivity index (χ1v) is 8.11. The first kappa shape index (κ1) is 17.4. The van der Waals surface area contributed by atoms with Gasteiger partial charge in [0.1, 0.15) is 11.4 Å². The minimum Gasteiger partial charge on any atom is -0.506 e. The summed E-state index contributed by atoms with van der Waals surface area (Å²) in [4.78, 5) is 29.9. The molecule has 0 saturated carbocycles.